The fourth-order valence-corrected chi connectivity index (χ4v) is 2.62. The number of aryl methyl sites for hydroxylation is 1. The number of rotatable bonds is 5. The molecule has 0 unspecified atom stereocenters. The first-order valence-electron chi connectivity index (χ1n) is 7.51. The van der Waals surface area contributed by atoms with Crippen LogP contribution in [-0.4, -0.2) is 24.1 Å². The summed E-state index contributed by atoms with van der Waals surface area (Å²) < 4.78 is 0. The zero-order valence-corrected chi connectivity index (χ0v) is 13.3. The van der Waals surface area contributed by atoms with Crippen LogP contribution in [0, 0.1) is 5.92 Å². The highest BCUT2D eigenvalue weighted by atomic mass is 35.5. The van der Waals surface area contributed by atoms with Gasteiger partial charge in [-0.05, 0) is 62.4 Å². The van der Waals surface area contributed by atoms with E-state index in [0.717, 1.165) is 44.3 Å². The molecule has 1 aliphatic rings. The first kappa shape index (κ1) is 17.8. The van der Waals surface area contributed by atoms with Crippen molar-refractivity contribution in [2.75, 3.05) is 18.4 Å². The van der Waals surface area contributed by atoms with Crippen LogP contribution in [0.2, 0.25) is 0 Å². The highest BCUT2D eigenvalue weighted by Crippen LogP contribution is 2.25. The van der Waals surface area contributed by atoms with Crippen molar-refractivity contribution in [3.8, 4) is 5.75 Å². The molecule has 1 heterocycles. The molecular formula is C16H25ClN2O2. The number of carbonyl (C=O) groups is 1. The van der Waals surface area contributed by atoms with Gasteiger partial charge in [0.15, 0.2) is 0 Å². The average Bonchev–Trinajstić information content (AvgIpc) is 2.48. The molecule has 5 heteroatoms. The Morgan fingerprint density at radius 2 is 2.10 bits per heavy atom. The monoisotopic (exact) mass is 312 g/mol. The molecule has 4 nitrogen and oxygen atoms in total. The van der Waals surface area contributed by atoms with Crippen molar-refractivity contribution in [2.24, 2.45) is 5.92 Å². The molecule has 0 aromatic heterocycles. The smallest absolute Gasteiger partial charge is 0.224 e. The molecule has 1 saturated heterocycles. The Bertz CT molecular complexity index is 460. The van der Waals surface area contributed by atoms with Gasteiger partial charge in [0, 0.05) is 6.42 Å². The Morgan fingerprint density at radius 3 is 2.76 bits per heavy atom. The van der Waals surface area contributed by atoms with E-state index in [1.807, 2.05) is 12.1 Å². The van der Waals surface area contributed by atoms with E-state index in [2.05, 4.69) is 17.6 Å². The SMILES string of the molecule is CCc1ccc(O)c(NC(=O)CCC2CCNCC2)c1.Cl. The van der Waals surface area contributed by atoms with Crippen molar-refractivity contribution in [1.29, 1.82) is 0 Å². The number of hydrogen-bond acceptors (Lipinski definition) is 3. The zero-order chi connectivity index (χ0) is 14.4. The molecule has 1 fully saturated rings. The number of piperidine rings is 1. The number of carbonyl (C=O) groups excluding carboxylic acids is 1. The van der Waals surface area contributed by atoms with Gasteiger partial charge in [-0.15, -0.1) is 12.4 Å². The maximum Gasteiger partial charge on any atom is 0.224 e. The van der Waals surface area contributed by atoms with Crippen molar-refractivity contribution in [3.63, 3.8) is 0 Å². The predicted octanol–water partition coefficient (Wildman–Crippen LogP) is 3.09. The molecule has 0 spiro atoms. The van der Waals surface area contributed by atoms with Crippen LogP contribution in [0.25, 0.3) is 0 Å². The Morgan fingerprint density at radius 1 is 1.38 bits per heavy atom. The molecular weight excluding hydrogens is 288 g/mol. The number of phenols is 1. The average molecular weight is 313 g/mol. The number of benzene rings is 1. The Balaban J connectivity index is 0.00000220. The lowest BCUT2D eigenvalue weighted by molar-refractivity contribution is -0.116. The standard InChI is InChI=1S/C16H24N2O2.ClH/c1-2-12-3-5-15(19)14(11-12)18-16(20)6-4-13-7-9-17-10-8-13;/h3,5,11,13,17,19H,2,4,6-10H2,1H3,(H,18,20);1H. The van der Waals surface area contributed by atoms with Crippen molar-refractivity contribution in [2.45, 2.75) is 39.0 Å². The molecule has 1 amide bonds. The summed E-state index contributed by atoms with van der Waals surface area (Å²) in [6.07, 6.45) is 4.66. The number of phenolic OH excluding ortho intramolecular Hbond substituents is 1. The molecule has 0 radical (unpaired) electrons. The van der Waals surface area contributed by atoms with Gasteiger partial charge < -0.3 is 15.7 Å². The van der Waals surface area contributed by atoms with Crippen LogP contribution in [0.15, 0.2) is 18.2 Å². The van der Waals surface area contributed by atoms with Gasteiger partial charge in [-0.1, -0.05) is 13.0 Å². The van der Waals surface area contributed by atoms with Crippen molar-refractivity contribution < 1.29 is 9.90 Å². The summed E-state index contributed by atoms with van der Waals surface area (Å²) >= 11 is 0. The second-order valence-corrected chi connectivity index (χ2v) is 5.49. The number of anilines is 1. The van der Waals surface area contributed by atoms with Crippen LogP contribution >= 0.6 is 12.4 Å². The Kier molecular flexibility index (Phi) is 7.54. The normalized spacial score (nSPS) is 15.3. The summed E-state index contributed by atoms with van der Waals surface area (Å²) in [4.78, 5) is 12.0. The third-order valence-corrected chi connectivity index (χ3v) is 3.98. The third-order valence-electron chi connectivity index (χ3n) is 3.98. The van der Waals surface area contributed by atoms with Gasteiger partial charge >= 0.3 is 0 Å². The Labute approximate surface area is 132 Å². The fraction of sp³-hybridized carbons (Fsp3) is 0.562. The first-order chi connectivity index (χ1) is 9.69. The Hall–Kier alpha value is -1.26. The molecule has 0 saturated carbocycles. The number of hydrogen-bond donors (Lipinski definition) is 3. The summed E-state index contributed by atoms with van der Waals surface area (Å²) in [7, 11) is 0. The van der Waals surface area contributed by atoms with Gasteiger partial charge in [0.1, 0.15) is 5.75 Å². The van der Waals surface area contributed by atoms with E-state index < -0.39 is 0 Å². The molecule has 0 atom stereocenters. The minimum absolute atomic E-state index is 0. The third kappa shape index (κ3) is 5.56. The number of nitrogens with one attached hydrogen (secondary N) is 2. The largest absolute Gasteiger partial charge is 0.506 e. The van der Waals surface area contributed by atoms with Crippen LogP contribution in [0.5, 0.6) is 5.75 Å². The summed E-state index contributed by atoms with van der Waals surface area (Å²) in [6.45, 7) is 4.17. The van der Waals surface area contributed by atoms with Gasteiger partial charge in [0.05, 0.1) is 5.69 Å². The molecule has 1 aromatic rings. The minimum Gasteiger partial charge on any atom is -0.506 e. The van der Waals surface area contributed by atoms with E-state index in [0.29, 0.717) is 18.0 Å². The molecule has 1 aromatic carbocycles. The fourth-order valence-electron chi connectivity index (χ4n) is 2.62. The summed E-state index contributed by atoms with van der Waals surface area (Å²) in [5.41, 5.74) is 1.64. The molecule has 3 N–H and O–H groups in total. The molecule has 118 valence electrons. The molecule has 21 heavy (non-hydrogen) atoms. The van der Waals surface area contributed by atoms with Crippen LogP contribution in [0.3, 0.4) is 0 Å². The van der Waals surface area contributed by atoms with Gasteiger partial charge in [0.2, 0.25) is 5.91 Å². The van der Waals surface area contributed by atoms with Crippen molar-refractivity contribution >= 4 is 24.0 Å². The second kappa shape index (κ2) is 8.90. The molecule has 2 rings (SSSR count). The number of aromatic hydroxyl groups is 1. The van der Waals surface area contributed by atoms with E-state index in [1.165, 1.54) is 0 Å². The zero-order valence-electron chi connectivity index (χ0n) is 12.5. The minimum atomic E-state index is -0.00733. The second-order valence-electron chi connectivity index (χ2n) is 5.49. The maximum absolute atomic E-state index is 12.0. The van der Waals surface area contributed by atoms with Crippen molar-refractivity contribution in [1.82, 2.24) is 5.32 Å². The van der Waals surface area contributed by atoms with E-state index in [4.69, 9.17) is 0 Å². The lowest BCUT2D eigenvalue weighted by Crippen LogP contribution is -2.28. The maximum atomic E-state index is 12.0. The molecule has 1 aliphatic heterocycles. The van der Waals surface area contributed by atoms with Crippen LogP contribution < -0.4 is 10.6 Å². The highest BCUT2D eigenvalue weighted by molar-refractivity contribution is 5.92. The highest BCUT2D eigenvalue weighted by Gasteiger charge is 2.15. The topological polar surface area (TPSA) is 61.4 Å². The van der Waals surface area contributed by atoms with Gasteiger partial charge in [-0.2, -0.15) is 0 Å². The van der Waals surface area contributed by atoms with Crippen LogP contribution in [-0.2, 0) is 11.2 Å². The van der Waals surface area contributed by atoms with Gasteiger partial charge in [-0.3, -0.25) is 4.79 Å². The van der Waals surface area contributed by atoms with E-state index in [9.17, 15) is 9.90 Å². The van der Waals surface area contributed by atoms with Gasteiger partial charge in [0.25, 0.3) is 0 Å². The van der Waals surface area contributed by atoms with Crippen molar-refractivity contribution in [3.05, 3.63) is 23.8 Å². The van der Waals surface area contributed by atoms with Gasteiger partial charge in [-0.25, -0.2) is 0 Å². The lowest BCUT2D eigenvalue weighted by atomic mass is 9.93. The summed E-state index contributed by atoms with van der Waals surface area (Å²) in [5.74, 6) is 0.780. The lowest BCUT2D eigenvalue weighted by Gasteiger charge is -2.22. The number of amides is 1. The van der Waals surface area contributed by atoms with Crippen LogP contribution in [0.4, 0.5) is 5.69 Å². The molecule has 0 bridgehead atoms. The number of halogens is 1. The quantitative estimate of drug-likeness (QED) is 0.732. The van der Waals surface area contributed by atoms with Crippen LogP contribution in [0.1, 0.15) is 38.2 Å². The van der Waals surface area contributed by atoms with E-state index in [1.54, 1.807) is 6.07 Å². The summed E-state index contributed by atoms with van der Waals surface area (Å²) in [5, 5.41) is 15.9. The molecule has 0 aliphatic carbocycles. The van der Waals surface area contributed by atoms with E-state index in [-0.39, 0.29) is 24.1 Å². The summed E-state index contributed by atoms with van der Waals surface area (Å²) in [6, 6.07) is 5.36. The first-order valence-corrected chi connectivity index (χ1v) is 7.51. The van der Waals surface area contributed by atoms with E-state index >= 15 is 0 Å². The predicted molar refractivity (Wildman–Crippen MR) is 88.2 cm³/mol.